The van der Waals surface area contributed by atoms with Gasteiger partial charge in [-0.2, -0.15) is 0 Å². The molecule has 2 fully saturated rings. The third kappa shape index (κ3) is 3.99. The second kappa shape index (κ2) is 8.40. The van der Waals surface area contributed by atoms with E-state index in [0.717, 1.165) is 56.0 Å². The van der Waals surface area contributed by atoms with Crippen molar-refractivity contribution in [3.8, 4) is 11.1 Å². The van der Waals surface area contributed by atoms with Crippen molar-refractivity contribution in [2.24, 2.45) is 0 Å². The average Bonchev–Trinajstić information content (AvgIpc) is 3.34. The fourth-order valence-corrected chi connectivity index (χ4v) is 4.40. The zero-order valence-electron chi connectivity index (χ0n) is 17.4. The number of hydrogen-bond acceptors (Lipinski definition) is 3. The average molecular weight is 415 g/mol. The lowest BCUT2D eigenvalue weighted by molar-refractivity contribution is 0.00854. The van der Waals surface area contributed by atoms with Crippen molar-refractivity contribution in [1.29, 1.82) is 0 Å². The van der Waals surface area contributed by atoms with Gasteiger partial charge in [0.25, 0.3) is 11.8 Å². The summed E-state index contributed by atoms with van der Waals surface area (Å²) in [5.74, 6) is 0.183. The number of H-pyrrole nitrogens is 1. The molecule has 2 aliphatic heterocycles. The number of carbonyl (C=O) groups excluding carboxylic acids is 2. The van der Waals surface area contributed by atoms with E-state index in [1.54, 1.807) is 12.4 Å². The molecule has 6 nitrogen and oxygen atoms in total. The second-order valence-electron chi connectivity index (χ2n) is 8.24. The van der Waals surface area contributed by atoms with Crippen LogP contribution in [0.5, 0.6) is 0 Å². The molecular weight excluding hydrogens is 388 g/mol. The number of nitrogens with one attached hydrogen (secondary N) is 1. The number of nitrogens with zero attached hydrogens (tertiary/aromatic N) is 3. The lowest BCUT2D eigenvalue weighted by Gasteiger charge is -2.48. The Hall–Kier alpha value is -3.38. The van der Waals surface area contributed by atoms with Crippen molar-refractivity contribution in [3.05, 3.63) is 84.2 Å². The summed E-state index contributed by atoms with van der Waals surface area (Å²) in [6, 6.07) is 20.3. The monoisotopic (exact) mass is 414 g/mol. The Balaban J connectivity index is 1.12. The van der Waals surface area contributed by atoms with Gasteiger partial charge in [-0.25, -0.2) is 0 Å². The highest BCUT2D eigenvalue weighted by atomic mass is 16.2. The largest absolute Gasteiger partial charge is 0.367 e. The Bertz CT molecular complexity index is 1030. The predicted molar refractivity (Wildman–Crippen MR) is 120 cm³/mol. The minimum atomic E-state index is 0.0882. The molecule has 31 heavy (non-hydrogen) atoms. The van der Waals surface area contributed by atoms with Crippen LogP contribution in [0.15, 0.2) is 73.1 Å². The van der Waals surface area contributed by atoms with Gasteiger partial charge in [0.05, 0.1) is 5.56 Å². The van der Waals surface area contributed by atoms with Crippen LogP contribution in [0.25, 0.3) is 11.1 Å². The highest BCUT2D eigenvalue weighted by Crippen LogP contribution is 2.23. The van der Waals surface area contributed by atoms with Crippen molar-refractivity contribution in [1.82, 2.24) is 19.7 Å². The molecule has 0 radical (unpaired) electrons. The molecule has 0 atom stereocenters. The van der Waals surface area contributed by atoms with E-state index in [2.05, 4.69) is 22.0 Å². The summed E-state index contributed by atoms with van der Waals surface area (Å²) in [5, 5.41) is 0. The number of benzene rings is 2. The molecule has 6 heteroatoms. The molecule has 2 aromatic carbocycles. The predicted octanol–water partition coefficient (Wildman–Crippen LogP) is 2.96. The maximum absolute atomic E-state index is 12.8. The van der Waals surface area contributed by atoms with Gasteiger partial charge in [-0.3, -0.25) is 14.5 Å². The lowest BCUT2D eigenvalue weighted by Crippen LogP contribution is -2.64. The van der Waals surface area contributed by atoms with Crippen molar-refractivity contribution >= 4 is 11.8 Å². The van der Waals surface area contributed by atoms with Crippen LogP contribution in [-0.2, 0) is 0 Å². The van der Waals surface area contributed by atoms with Crippen LogP contribution in [0.2, 0.25) is 0 Å². The number of carbonyl (C=O) groups is 2. The van der Waals surface area contributed by atoms with Crippen molar-refractivity contribution < 1.29 is 9.59 Å². The number of rotatable bonds is 4. The SMILES string of the molecule is O=C(c1cc[nH]c1)N1CCN(C2CN(C(=O)c3ccc(-c4ccccc4)cc3)C2)CC1. The summed E-state index contributed by atoms with van der Waals surface area (Å²) in [5.41, 5.74) is 3.72. The fourth-order valence-electron chi connectivity index (χ4n) is 4.40. The summed E-state index contributed by atoms with van der Waals surface area (Å²) in [6.45, 7) is 4.68. The molecule has 0 saturated carbocycles. The minimum Gasteiger partial charge on any atom is -0.367 e. The fraction of sp³-hybridized carbons (Fsp3) is 0.280. The van der Waals surface area contributed by atoms with Gasteiger partial charge < -0.3 is 14.8 Å². The van der Waals surface area contributed by atoms with E-state index in [-0.39, 0.29) is 11.8 Å². The second-order valence-corrected chi connectivity index (χ2v) is 8.24. The Labute approximate surface area is 182 Å². The molecule has 0 spiro atoms. The van der Waals surface area contributed by atoms with E-state index < -0.39 is 0 Å². The molecule has 2 aliphatic rings. The van der Waals surface area contributed by atoms with Gasteiger partial charge >= 0.3 is 0 Å². The lowest BCUT2D eigenvalue weighted by atomic mass is 10.0. The van der Waals surface area contributed by atoms with Crippen LogP contribution in [-0.4, -0.2) is 76.8 Å². The molecule has 1 N–H and O–H groups in total. The van der Waals surface area contributed by atoms with Crippen LogP contribution in [0.1, 0.15) is 20.7 Å². The van der Waals surface area contributed by atoms with Gasteiger partial charge in [0, 0.05) is 63.3 Å². The highest BCUT2D eigenvalue weighted by Gasteiger charge is 2.37. The maximum Gasteiger partial charge on any atom is 0.255 e. The van der Waals surface area contributed by atoms with E-state index in [4.69, 9.17) is 0 Å². The van der Waals surface area contributed by atoms with Crippen molar-refractivity contribution in [3.63, 3.8) is 0 Å². The molecule has 3 heterocycles. The first-order valence-electron chi connectivity index (χ1n) is 10.8. The standard InChI is InChI=1S/C25H26N4O2/c30-24(21-8-6-20(7-9-21)19-4-2-1-3-5-19)29-17-23(18-29)27-12-14-28(15-13-27)25(31)22-10-11-26-16-22/h1-11,16,23,26H,12-15,17-18H2. The molecule has 0 aliphatic carbocycles. The van der Waals surface area contributed by atoms with Gasteiger partial charge in [-0.1, -0.05) is 42.5 Å². The van der Waals surface area contributed by atoms with Crippen LogP contribution >= 0.6 is 0 Å². The number of piperazine rings is 1. The molecule has 0 bridgehead atoms. The first-order chi connectivity index (χ1) is 15.2. The topological polar surface area (TPSA) is 59.7 Å². The van der Waals surface area contributed by atoms with Gasteiger partial charge in [0.15, 0.2) is 0 Å². The van der Waals surface area contributed by atoms with E-state index >= 15 is 0 Å². The third-order valence-corrected chi connectivity index (χ3v) is 6.35. The molecule has 0 unspecified atom stereocenters. The zero-order valence-corrected chi connectivity index (χ0v) is 17.4. The third-order valence-electron chi connectivity index (χ3n) is 6.35. The van der Waals surface area contributed by atoms with Crippen molar-refractivity contribution in [2.75, 3.05) is 39.3 Å². The normalized spacial score (nSPS) is 17.4. The number of likely N-dealkylation sites (tertiary alicyclic amines) is 1. The highest BCUT2D eigenvalue weighted by molar-refractivity contribution is 5.95. The molecule has 1 aromatic heterocycles. The Morgan fingerprint density at radius 1 is 0.710 bits per heavy atom. The Morgan fingerprint density at radius 2 is 1.35 bits per heavy atom. The summed E-state index contributed by atoms with van der Waals surface area (Å²) in [4.78, 5) is 34.5. The molecule has 5 rings (SSSR count). The van der Waals surface area contributed by atoms with Crippen LogP contribution in [0.3, 0.4) is 0 Å². The molecule has 158 valence electrons. The summed E-state index contributed by atoms with van der Waals surface area (Å²) < 4.78 is 0. The first-order valence-corrected chi connectivity index (χ1v) is 10.8. The quantitative estimate of drug-likeness (QED) is 0.714. The maximum atomic E-state index is 12.8. The van der Waals surface area contributed by atoms with Crippen LogP contribution < -0.4 is 0 Å². The summed E-state index contributed by atoms with van der Waals surface area (Å²) >= 11 is 0. The summed E-state index contributed by atoms with van der Waals surface area (Å²) in [7, 11) is 0. The summed E-state index contributed by atoms with van der Waals surface area (Å²) in [6.07, 6.45) is 3.52. The van der Waals surface area contributed by atoms with Gasteiger partial charge in [-0.15, -0.1) is 0 Å². The Morgan fingerprint density at radius 3 is 2.00 bits per heavy atom. The smallest absolute Gasteiger partial charge is 0.255 e. The van der Waals surface area contributed by atoms with E-state index in [9.17, 15) is 9.59 Å². The van der Waals surface area contributed by atoms with Crippen LogP contribution in [0, 0.1) is 0 Å². The van der Waals surface area contributed by atoms with Crippen LogP contribution in [0.4, 0.5) is 0 Å². The van der Waals surface area contributed by atoms with Gasteiger partial charge in [0.2, 0.25) is 0 Å². The number of aromatic amines is 1. The molecule has 2 amide bonds. The number of aromatic nitrogens is 1. The minimum absolute atomic E-state index is 0.0882. The number of amides is 2. The number of hydrogen-bond donors (Lipinski definition) is 1. The van der Waals surface area contributed by atoms with Crippen molar-refractivity contribution in [2.45, 2.75) is 6.04 Å². The zero-order chi connectivity index (χ0) is 21.2. The molecular formula is C25H26N4O2. The molecule has 2 saturated heterocycles. The van der Waals surface area contributed by atoms with E-state index in [1.807, 2.05) is 58.3 Å². The first kappa shape index (κ1) is 19.6. The van der Waals surface area contributed by atoms with Gasteiger partial charge in [0.1, 0.15) is 0 Å². The Kier molecular flexibility index (Phi) is 5.30. The van der Waals surface area contributed by atoms with E-state index in [1.165, 1.54) is 0 Å². The van der Waals surface area contributed by atoms with E-state index in [0.29, 0.717) is 11.6 Å². The molecule has 3 aromatic rings. The van der Waals surface area contributed by atoms with Gasteiger partial charge in [-0.05, 0) is 29.3 Å².